The summed E-state index contributed by atoms with van der Waals surface area (Å²) in [6, 6.07) is 4.99. The number of hydrogen-bond donors (Lipinski definition) is 1. The van der Waals surface area contributed by atoms with Crippen molar-refractivity contribution in [2.24, 2.45) is 0 Å². The topological polar surface area (TPSA) is 38.3 Å². The highest BCUT2D eigenvalue weighted by Gasteiger charge is 2.24. The normalized spacial score (nSPS) is 12.6. The van der Waals surface area contributed by atoms with Gasteiger partial charge in [0.25, 0.3) is 0 Å². The van der Waals surface area contributed by atoms with Crippen LogP contribution in [0.25, 0.3) is 0 Å². The maximum absolute atomic E-state index is 11.7. The molecule has 0 saturated heterocycles. The third-order valence-corrected chi connectivity index (χ3v) is 3.13. The first-order valence-electron chi connectivity index (χ1n) is 5.24. The van der Waals surface area contributed by atoms with Gasteiger partial charge in [-0.1, -0.05) is 33.6 Å². The molecule has 1 unspecified atom stereocenters. The van der Waals surface area contributed by atoms with Gasteiger partial charge in [0, 0.05) is 15.5 Å². The number of carbonyl (C=O) groups is 1. The van der Waals surface area contributed by atoms with E-state index in [1.807, 2.05) is 19.9 Å². The van der Waals surface area contributed by atoms with Crippen LogP contribution in [0.15, 0.2) is 22.7 Å². The summed E-state index contributed by atoms with van der Waals surface area (Å²) in [5.41, 5.74) is 0.815. The van der Waals surface area contributed by atoms with Crippen molar-refractivity contribution < 1.29 is 9.53 Å². The van der Waals surface area contributed by atoms with Crippen LogP contribution in [0, 0.1) is 0 Å². The summed E-state index contributed by atoms with van der Waals surface area (Å²) < 4.78 is 5.58. The molecule has 3 nitrogen and oxygen atoms in total. The van der Waals surface area contributed by atoms with Crippen molar-refractivity contribution in [1.82, 2.24) is 5.32 Å². The number of ether oxygens (including phenoxy) is 1. The monoisotopic (exact) mass is 319 g/mol. The fraction of sp³-hybridized carbons (Fsp3) is 0.417. The summed E-state index contributed by atoms with van der Waals surface area (Å²) >= 11 is 9.28. The first kappa shape index (κ1) is 14.5. The molecule has 17 heavy (non-hydrogen) atoms. The maximum Gasteiger partial charge on any atom is 0.327 e. The highest BCUT2D eigenvalue weighted by atomic mass is 79.9. The molecule has 5 heteroatoms. The average molecular weight is 321 g/mol. The third kappa shape index (κ3) is 3.98. The molecule has 1 aromatic carbocycles. The number of methoxy groups -OCH3 is 1. The van der Waals surface area contributed by atoms with E-state index in [0.717, 1.165) is 10.0 Å². The van der Waals surface area contributed by atoms with Gasteiger partial charge in [-0.15, -0.1) is 0 Å². The quantitative estimate of drug-likeness (QED) is 0.865. The Morgan fingerprint density at radius 2 is 2.12 bits per heavy atom. The summed E-state index contributed by atoms with van der Waals surface area (Å²) in [4.78, 5) is 11.7. The van der Waals surface area contributed by atoms with Crippen LogP contribution in [0.3, 0.4) is 0 Å². The zero-order chi connectivity index (χ0) is 13.0. The van der Waals surface area contributed by atoms with Crippen LogP contribution in [0.1, 0.15) is 25.5 Å². The number of esters is 1. The molecular formula is C12H15BrClNO2. The Morgan fingerprint density at radius 1 is 1.47 bits per heavy atom. The lowest BCUT2D eigenvalue weighted by atomic mass is 10.1. The van der Waals surface area contributed by atoms with Crippen molar-refractivity contribution in [2.75, 3.05) is 7.11 Å². The van der Waals surface area contributed by atoms with E-state index in [-0.39, 0.29) is 12.0 Å². The molecule has 0 saturated carbocycles. The minimum Gasteiger partial charge on any atom is -0.468 e. The lowest BCUT2D eigenvalue weighted by molar-refractivity contribution is -0.143. The summed E-state index contributed by atoms with van der Waals surface area (Å²) in [5, 5.41) is 3.78. The van der Waals surface area contributed by atoms with Crippen LogP contribution in [-0.2, 0) is 9.53 Å². The van der Waals surface area contributed by atoms with E-state index >= 15 is 0 Å². The van der Waals surface area contributed by atoms with Crippen molar-refractivity contribution in [3.05, 3.63) is 33.3 Å². The van der Waals surface area contributed by atoms with Gasteiger partial charge in [0.15, 0.2) is 0 Å². The van der Waals surface area contributed by atoms with Gasteiger partial charge in [-0.3, -0.25) is 5.32 Å². The van der Waals surface area contributed by atoms with Crippen molar-refractivity contribution in [2.45, 2.75) is 25.9 Å². The molecule has 0 aromatic heterocycles. The number of hydrogen-bond acceptors (Lipinski definition) is 3. The van der Waals surface area contributed by atoms with E-state index in [9.17, 15) is 4.79 Å². The molecule has 1 atom stereocenters. The molecule has 1 N–H and O–H groups in total. The van der Waals surface area contributed by atoms with Gasteiger partial charge in [0.2, 0.25) is 0 Å². The molecule has 0 heterocycles. The van der Waals surface area contributed by atoms with Crippen molar-refractivity contribution in [3.63, 3.8) is 0 Å². The molecule has 0 radical (unpaired) electrons. The molecule has 0 bridgehead atoms. The van der Waals surface area contributed by atoms with Crippen molar-refractivity contribution in [1.29, 1.82) is 0 Å². The first-order valence-corrected chi connectivity index (χ1v) is 6.41. The second kappa shape index (κ2) is 6.38. The minimum atomic E-state index is -0.494. The predicted octanol–water partition coefficient (Wildman–Crippen LogP) is 3.31. The number of rotatable bonds is 4. The van der Waals surface area contributed by atoms with Crippen LogP contribution in [0.2, 0.25) is 5.02 Å². The second-order valence-electron chi connectivity index (χ2n) is 3.94. The third-order valence-electron chi connectivity index (χ3n) is 2.21. The van der Waals surface area contributed by atoms with E-state index in [2.05, 4.69) is 21.2 Å². The lowest BCUT2D eigenvalue weighted by Gasteiger charge is -2.20. The maximum atomic E-state index is 11.7. The smallest absolute Gasteiger partial charge is 0.327 e. The van der Waals surface area contributed by atoms with Crippen molar-refractivity contribution in [3.8, 4) is 0 Å². The Balaban J connectivity index is 3.08. The van der Waals surface area contributed by atoms with Gasteiger partial charge < -0.3 is 4.74 Å². The van der Waals surface area contributed by atoms with Gasteiger partial charge >= 0.3 is 5.97 Å². The Bertz CT molecular complexity index is 409. The first-order chi connectivity index (χ1) is 7.95. The zero-order valence-corrected chi connectivity index (χ0v) is 12.3. The number of halogens is 2. The highest BCUT2D eigenvalue weighted by molar-refractivity contribution is 9.10. The summed E-state index contributed by atoms with van der Waals surface area (Å²) in [5.74, 6) is -0.318. The molecular weight excluding hydrogens is 305 g/mol. The van der Waals surface area contributed by atoms with Gasteiger partial charge in [-0.05, 0) is 31.5 Å². The fourth-order valence-electron chi connectivity index (χ4n) is 1.47. The van der Waals surface area contributed by atoms with Crippen LogP contribution < -0.4 is 5.32 Å². The number of carbonyl (C=O) groups excluding carboxylic acids is 1. The van der Waals surface area contributed by atoms with E-state index in [1.54, 1.807) is 12.1 Å². The van der Waals surface area contributed by atoms with E-state index in [1.165, 1.54) is 7.11 Å². The lowest BCUT2D eigenvalue weighted by Crippen LogP contribution is -2.34. The van der Waals surface area contributed by atoms with Gasteiger partial charge in [0.1, 0.15) is 6.04 Å². The molecule has 1 aromatic rings. The molecule has 0 spiro atoms. The Labute approximate surface area is 115 Å². The summed E-state index contributed by atoms with van der Waals surface area (Å²) in [7, 11) is 1.38. The number of benzene rings is 1. The molecule has 0 fully saturated rings. The van der Waals surface area contributed by atoms with Gasteiger partial charge in [-0.2, -0.15) is 0 Å². The largest absolute Gasteiger partial charge is 0.468 e. The average Bonchev–Trinajstić information content (AvgIpc) is 2.25. The standard InChI is InChI=1S/C12H15BrClNO2/c1-7(2)15-11(12(16)17-3)9-5-4-8(14)6-10(9)13/h4-7,11,15H,1-3H3. The fourth-order valence-corrected chi connectivity index (χ4v) is 2.38. The van der Waals surface area contributed by atoms with E-state index in [4.69, 9.17) is 16.3 Å². The zero-order valence-electron chi connectivity index (χ0n) is 9.96. The van der Waals surface area contributed by atoms with Crippen LogP contribution in [0.5, 0.6) is 0 Å². The Kier molecular flexibility index (Phi) is 5.43. The van der Waals surface area contributed by atoms with Gasteiger partial charge in [0.05, 0.1) is 7.11 Å². The number of nitrogens with one attached hydrogen (secondary N) is 1. The van der Waals surface area contributed by atoms with Crippen LogP contribution >= 0.6 is 27.5 Å². The van der Waals surface area contributed by atoms with Crippen LogP contribution in [0.4, 0.5) is 0 Å². The molecule has 0 aliphatic heterocycles. The Hall–Kier alpha value is -0.580. The van der Waals surface area contributed by atoms with E-state index in [0.29, 0.717) is 5.02 Å². The van der Waals surface area contributed by atoms with E-state index < -0.39 is 6.04 Å². The Morgan fingerprint density at radius 3 is 2.59 bits per heavy atom. The molecule has 0 aliphatic carbocycles. The SMILES string of the molecule is COC(=O)C(NC(C)C)c1ccc(Cl)cc1Br. The summed E-state index contributed by atoms with van der Waals surface area (Å²) in [6.45, 7) is 3.94. The second-order valence-corrected chi connectivity index (χ2v) is 5.23. The van der Waals surface area contributed by atoms with Crippen LogP contribution in [-0.4, -0.2) is 19.1 Å². The minimum absolute atomic E-state index is 0.168. The molecule has 0 amide bonds. The molecule has 0 aliphatic rings. The predicted molar refractivity (Wildman–Crippen MR) is 72.2 cm³/mol. The molecule has 1 rings (SSSR count). The van der Waals surface area contributed by atoms with Crippen molar-refractivity contribution >= 4 is 33.5 Å². The highest BCUT2D eigenvalue weighted by Crippen LogP contribution is 2.27. The molecule has 94 valence electrons. The summed E-state index contributed by atoms with van der Waals surface area (Å²) in [6.07, 6.45) is 0. The van der Waals surface area contributed by atoms with Gasteiger partial charge in [-0.25, -0.2) is 4.79 Å².